The number of nitrogens with zero attached hydrogens (tertiary/aromatic N) is 1. The van der Waals surface area contributed by atoms with Crippen LogP contribution >= 0.6 is 0 Å². The number of ether oxygens (including phenoxy) is 2. The lowest BCUT2D eigenvalue weighted by atomic mass is 10.3. The van der Waals surface area contributed by atoms with E-state index in [1.807, 2.05) is 38.1 Å². The molecular weight excluding hydrogens is 254 g/mol. The molecule has 0 fully saturated rings. The molecule has 0 saturated heterocycles. The molecule has 20 heavy (non-hydrogen) atoms. The predicted octanol–water partition coefficient (Wildman–Crippen LogP) is 4.04. The smallest absolute Gasteiger partial charge is 0.158 e. The first-order chi connectivity index (χ1) is 9.65. The van der Waals surface area contributed by atoms with Crippen molar-refractivity contribution in [1.29, 1.82) is 0 Å². The molecular formula is C16H25NO3. The maximum absolute atomic E-state index is 5.71. The zero-order chi connectivity index (χ0) is 14.8. The Morgan fingerprint density at radius 3 is 2.30 bits per heavy atom. The summed E-state index contributed by atoms with van der Waals surface area (Å²) in [5.41, 5.74) is 0. The highest BCUT2D eigenvalue weighted by molar-refractivity contribution is 5.55. The summed E-state index contributed by atoms with van der Waals surface area (Å²) in [6, 6.07) is 7.64. The Kier molecular flexibility index (Phi) is 7.55. The Balaban J connectivity index is 2.36. The van der Waals surface area contributed by atoms with Gasteiger partial charge in [-0.3, -0.25) is 0 Å². The maximum Gasteiger partial charge on any atom is 0.158 e. The lowest BCUT2D eigenvalue weighted by Crippen LogP contribution is -2.15. The molecule has 1 aromatic carbocycles. The average molecular weight is 279 g/mol. The van der Waals surface area contributed by atoms with Crippen LogP contribution in [0.1, 0.15) is 40.5 Å². The molecule has 4 nitrogen and oxygen atoms in total. The summed E-state index contributed by atoms with van der Waals surface area (Å²) in [5, 5.41) is 3.83. The molecule has 0 heterocycles. The number of hydrogen-bond donors (Lipinski definition) is 0. The molecule has 0 spiro atoms. The first-order valence-corrected chi connectivity index (χ1v) is 7.22. The summed E-state index contributed by atoms with van der Waals surface area (Å²) in [6.45, 7) is 8.56. The summed E-state index contributed by atoms with van der Waals surface area (Å²) in [5.74, 6) is 1.67. The Hall–Kier alpha value is -1.71. The van der Waals surface area contributed by atoms with Crippen molar-refractivity contribution >= 4 is 6.21 Å². The van der Waals surface area contributed by atoms with Gasteiger partial charge in [-0.1, -0.05) is 19.0 Å². The van der Waals surface area contributed by atoms with Crippen molar-refractivity contribution in [1.82, 2.24) is 0 Å². The van der Waals surface area contributed by atoms with Crippen molar-refractivity contribution in [3.05, 3.63) is 24.3 Å². The highest BCUT2D eigenvalue weighted by atomic mass is 16.6. The van der Waals surface area contributed by atoms with Gasteiger partial charge in [0.15, 0.2) is 6.10 Å². The number of rotatable bonds is 9. The van der Waals surface area contributed by atoms with Crippen LogP contribution in [0.4, 0.5) is 0 Å². The van der Waals surface area contributed by atoms with Crippen molar-refractivity contribution in [3.8, 4) is 11.5 Å². The zero-order valence-corrected chi connectivity index (χ0v) is 12.8. The second kappa shape index (κ2) is 9.23. The van der Waals surface area contributed by atoms with Gasteiger partial charge in [0.25, 0.3) is 0 Å². The van der Waals surface area contributed by atoms with Gasteiger partial charge in [-0.15, -0.1) is 0 Å². The summed E-state index contributed by atoms with van der Waals surface area (Å²) in [4.78, 5) is 5.21. The van der Waals surface area contributed by atoms with Gasteiger partial charge in [-0.05, 0) is 51.0 Å². The van der Waals surface area contributed by atoms with Crippen LogP contribution in [0.2, 0.25) is 0 Å². The van der Waals surface area contributed by atoms with Crippen LogP contribution in [0.3, 0.4) is 0 Å². The van der Waals surface area contributed by atoms with E-state index in [9.17, 15) is 0 Å². The molecule has 0 aliphatic rings. The van der Waals surface area contributed by atoms with E-state index in [1.54, 1.807) is 6.21 Å². The number of hydrogen-bond acceptors (Lipinski definition) is 4. The lowest BCUT2D eigenvalue weighted by molar-refractivity contribution is 0.0372. The van der Waals surface area contributed by atoms with E-state index in [4.69, 9.17) is 14.3 Å². The summed E-state index contributed by atoms with van der Waals surface area (Å²) < 4.78 is 11.3. The number of benzene rings is 1. The summed E-state index contributed by atoms with van der Waals surface area (Å²) in [7, 11) is 0. The fraction of sp³-hybridized carbons (Fsp3) is 0.562. The van der Waals surface area contributed by atoms with E-state index >= 15 is 0 Å². The fourth-order valence-corrected chi connectivity index (χ4v) is 1.40. The van der Waals surface area contributed by atoms with Gasteiger partial charge in [0, 0.05) is 6.21 Å². The third-order valence-electron chi connectivity index (χ3n) is 2.72. The van der Waals surface area contributed by atoms with Crippen LogP contribution < -0.4 is 9.47 Å². The van der Waals surface area contributed by atoms with Crippen LogP contribution in [0.5, 0.6) is 11.5 Å². The highest BCUT2D eigenvalue weighted by Crippen LogP contribution is 2.19. The van der Waals surface area contributed by atoms with E-state index in [2.05, 4.69) is 19.0 Å². The van der Waals surface area contributed by atoms with Crippen molar-refractivity contribution in [2.24, 2.45) is 5.16 Å². The standard InChI is InChI=1S/C16H25NO3/c1-5-11-17-20-14(4)12-18-15-7-9-16(10-8-15)19-13(3)6-2/h7-11,13-14H,5-6,12H2,1-4H3. The minimum atomic E-state index is -0.0751. The Bertz CT molecular complexity index is 389. The molecule has 0 aromatic heterocycles. The monoisotopic (exact) mass is 279 g/mol. The minimum Gasteiger partial charge on any atom is -0.491 e. The second-order valence-electron chi connectivity index (χ2n) is 4.73. The molecule has 0 aliphatic heterocycles. The lowest BCUT2D eigenvalue weighted by Gasteiger charge is -2.14. The molecule has 0 N–H and O–H groups in total. The predicted molar refractivity (Wildman–Crippen MR) is 81.6 cm³/mol. The maximum atomic E-state index is 5.71. The Morgan fingerprint density at radius 1 is 1.05 bits per heavy atom. The third-order valence-corrected chi connectivity index (χ3v) is 2.72. The molecule has 4 heteroatoms. The van der Waals surface area contributed by atoms with Crippen LogP contribution in [-0.4, -0.2) is 25.0 Å². The van der Waals surface area contributed by atoms with Crippen LogP contribution in [0, 0.1) is 0 Å². The molecule has 0 saturated carbocycles. The molecule has 0 aliphatic carbocycles. The van der Waals surface area contributed by atoms with E-state index in [0.29, 0.717) is 6.61 Å². The minimum absolute atomic E-state index is 0.0751. The van der Waals surface area contributed by atoms with E-state index in [-0.39, 0.29) is 12.2 Å². The van der Waals surface area contributed by atoms with Gasteiger partial charge in [0.1, 0.15) is 18.1 Å². The van der Waals surface area contributed by atoms with Gasteiger partial charge in [-0.25, -0.2) is 0 Å². The van der Waals surface area contributed by atoms with Crippen molar-refractivity contribution in [2.75, 3.05) is 6.61 Å². The largest absolute Gasteiger partial charge is 0.491 e. The molecule has 0 bridgehead atoms. The molecule has 0 radical (unpaired) electrons. The topological polar surface area (TPSA) is 40.0 Å². The van der Waals surface area contributed by atoms with Crippen molar-refractivity contribution < 1.29 is 14.3 Å². The molecule has 1 aromatic rings. The first kappa shape index (κ1) is 16.3. The quantitative estimate of drug-likeness (QED) is 0.506. The fourth-order valence-electron chi connectivity index (χ4n) is 1.40. The summed E-state index contributed by atoms with van der Waals surface area (Å²) >= 11 is 0. The Morgan fingerprint density at radius 2 is 1.70 bits per heavy atom. The first-order valence-electron chi connectivity index (χ1n) is 7.22. The SMILES string of the molecule is CCC=NOC(C)COc1ccc(OC(C)CC)cc1. The molecule has 2 atom stereocenters. The van der Waals surface area contributed by atoms with E-state index < -0.39 is 0 Å². The van der Waals surface area contributed by atoms with Gasteiger partial charge in [-0.2, -0.15) is 0 Å². The molecule has 0 amide bonds. The molecule has 2 unspecified atom stereocenters. The van der Waals surface area contributed by atoms with Crippen LogP contribution in [0.15, 0.2) is 29.4 Å². The van der Waals surface area contributed by atoms with Gasteiger partial charge < -0.3 is 14.3 Å². The van der Waals surface area contributed by atoms with Crippen LogP contribution in [-0.2, 0) is 4.84 Å². The normalized spacial score (nSPS) is 14.0. The average Bonchev–Trinajstić information content (AvgIpc) is 2.46. The van der Waals surface area contributed by atoms with Gasteiger partial charge >= 0.3 is 0 Å². The third kappa shape index (κ3) is 6.45. The highest BCUT2D eigenvalue weighted by Gasteiger charge is 2.04. The van der Waals surface area contributed by atoms with Crippen molar-refractivity contribution in [3.63, 3.8) is 0 Å². The summed E-state index contributed by atoms with van der Waals surface area (Å²) in [6.07, 6.45) is 3.74. The molecule has 112 valence electrons. The van der Waals surface area contributed by atoms with Gasteiger partial charge in [0.2, 0.25) is 0 Å². The van der Waals surface area contributed by atoms with E-state index in [1.165, 1.54) is 0 Å². The number of oxime groups is 1. The van der Waals surface area contributed by atoms with Crippen LogP contribution in [0.25, 0.3) is 0 Å². The zero-order valence-electron chi connectivity index (χ0n) is 12.8. The van der Waals surface area contributed by atoms with Crippen molar-refractivity contribution in [2.45, 2.75) is 52.7 Å². The second-order valence-corrected chi connectivity index (χ2v) is 4.73. The Labute approximate surface area is 121 Å². The van der Waals surface area contributed by atoms with E-state index in [0.717, 1.165) is 24.3 Å². The molecule has 1 rings (SSSR count). The van der Waals surface area contributed by atoms with Gasteiger partial charge in [0.05, 0.1) is 6.10 Å².